The van der Waals surface area contributed by atoms with E-state index in [1.807, 2.05) is 0 Å². The molecular weight excluding hydrogens is 320 g/mol. The Bertz CT molecular complexity index is 362. The van der Waals surface area contributed by atoms with E-state index in [1.54, 1.807) is 0 Å². The molecule has 1 amide bonds. The number of carbonyl (C=O) groups is 1. The molecule has 7 nitrogen and oxygen atoms in total. The predicted octanol–water partition coefficient (Wildman–Crippen LogP) is 1.45. The Kier molecular flexibility index (Phi) is 10.3. The van der Waals surface area contributed by atoms with Crippen molar-refractivity contribution < 1.29 is 14.6 Å². The molecule has 2 aliphatic rings. The van der Waals surface area contributed by atoms with Gasteiger partial charge in [-0.1, -0.05) is 13.3 Å². The van der Waals surface area contributed by atoms with Crippen LogP contribution in [-0.4, -0.2) is 91.6 Å². The Morgan fingerprint density at radius 1 is 1.24 bits per heavy atom. The fourth-order valence-corrected chi connectivity index (χ4v) is 2.93. The molecule has 1 atom stereocenters. The lowest BCUT2D eigenvalue weighted by Gasteiger charge is -2.38. The molecule has 0 saturated carbocycles. The van der Waals surface area contributed by atoms with Crippen LogP contribution < -0.4 is 10.6 Å². The Hall–Kier alpha value is -0.890. The Morgan fingerprint density at radius 2 is 1.92 bits per heavy atom. The molecule has 0 bridgehead atoms. The van der Waals surface area contributed by atoms with Crippen LogP contribution in [0.2, 0.25) is 0 Å². The predicted molar refractivity (Wildman–Crippen MR) is 101 cm³/mol. The van der Waals surface area contributed by atoms with E-state index in [1.165, 1.54) is 18.0 Å². The van der Waals surface area contributed by atoms with Gasteiger partial charge in [-0.3, -0.25) is 4.90 Å². The summed E-state index contributed by atoms with van der Waals surface area (Å²) in [4.78, 5) is 14.9. The van der Waals surface area contributed by atoms with Crippen LogP contribution in [0.1, 0.15) is 40.5 Å². The van der Waals surface area contributed by atoms with E-state index in [0.29, 0.717) is 25.2 Å². The third-order valence-corrected chi connectivity index (χ3v) is 4.55. The number of carboxylic acid groups (broad SMARTS) is 1. The fourth-order valence-electron chi connectivity index (χ4n) is 2.93. The highest BCUT2D eigenvalue weighted by Crippen LogP contribution is 2.12. The normalized spacial score (nSPS) is 22.0. The van der Waals surface area contributed by atoms with Gasteiger partial charge in [0.25, 0.3) is 0 Å². The quantitative estimate of drug-likeness (QED) is 0.690. The molecule has 0 aromatic rings. The van der Waals surface area contributed by atoms with Crippen LogP contribution >= 0.6 is 0 Å². The second-order valence-corrected chi connectivity index (χ2v) is 7.69. The third-order valence-electron chi connectivity index (χ3n) is 4.55. The molecule has 0 aliphatic carbocycles. The number of nitrogens with one attached hydrogen (secondary N) is 2. The first kappa shape index (κ1) is 22.2. The summed E-state index contributed by atoms with van der Waals surface area (Å²) in [5.41, 5.74) is 0.363. The van der Waals surface area contributed by atoms with Crippen LogP contribution in [0.15, 0.2) is 0 Å². The maximum atomic E-state index is 10.9. The molecule has 2 rings (SSSR count). The van der Waals surface area contributed by atoms with Crippen LogP contribution in [0.4, 0.5) is 4.79 Å². The van der Waals surface area contributed by atoms with Crippen molar-refractivity contribution in [2.45, 2.75) is 52.2 Å². The van der Waals surface area contributed by atoms with Gasteiger partial charge < -0.3 is 25.4 Å². The van der Waals surface area contributed by atoms with Gasteiger partial charge in [-0.25, -0.2) is 4.79 Å². The lowest BCUT2D eigenvalue weighted by molar-refractivity contribution is 0.00744. The van der Waals surface area contributed by atoms with Gasteiger partial charge in [-0.15, -0.1) is 0 Å². The zero-order valence-electron chi connectivity index (χ0n) is 16.5. The summed E-state index contributed by atoms with van der Waals surface area (Å²) in [5.74, 6) is 0. The smallest absolute Gasteiger partial charge is 0.407 e. The van der Waals surface area contributed by atoms with Crippen LogP contribution in [0.3, 0.4) is 0 Å². The van der Waals surface area contributed by atoms with Crippen LogP contribution in [-0.2, 0) is 4.74 Å². The minimum absolute atomic E-state index is 0.00621. The molecule has 1 unspecified atom stereocenters. The van der Waals surface area contributed by atoms with Crippen molar-refractivity contribution in [3.63, 3.8) is 0 Å². The summed E-state index contributed by atoms with van der Waals surface area (Å²) in [7, 11) is 0. The maximum absolute atomic E-state index is 10.9. The molecule has 2 aliphatic heterocycles. The Morgan fingerprint density at radius 3 is 2.36 bits per heavy atom. The monoisotopic (exact) mass is 358 g/mol. The Labute approximate surface area is 153 Å². The first-order valence-corrected chi connectivity index (χ1v) is 9.60. The number of piperazine rings is 1. The number of ether oxygens (including phenoxy) is 1. The zero-order valence-corrected chi connectivity index (χ0v) is 16.5. The SMILES string of the molecule is CC(C)(C)N1CCNCC1.CCCCN(CC1CNCCO1)C(=O)O. The van der Waals surface area contributed by atoms with Crippen molar-refractivity contribution in [2.24, 2.45) is 0 Å². The average Bonchev–Trinajstić information content (AvgIpc) is 2.60. The zero-order chi connectivity index (χ0) is 18.7. The minimum Gasteiger partial charge on any atom is -0.465 e. The van der Waals surface area contributed by atoms with Gasteiger partial charge in [-0.2, -0.15) is 0 Å². The summed E-state index contributed by atoms with van der Waals surface area (Å²) >= 11 is 0. The van der Waals surface area contributed by atoms with Gasteiger partial charge >= 0.3 is 6.09 Å². The van der Waals surface area contributed by atoms with E-state index in [-0.39, 0.29) is 6.10 Å². The lowest BCUT2D eigenvalue weighted by atomic mass is 10.1. The highest BCUT2D eigenvalue weighted by molar-refractivity contribution is 5.64. The van der Waals surface area contributed by atoms with E-state index >= 15 is 0 Å². The van der Waals surface area contributed by atoms with Crippen LogP contribution in [0.25, 0.3) is 0 Å². The molecule has 2 saturated heterocycles. The van der Waals surface area contributed by atoms with E-state index < -0.39 is 6.09 Å². The van der Waals surface area contributed by atoms with E-state index in [4.69, 9.17) is 9.84 Å². The summed E-state index contributed by atoms with van der Waals surface area (Å²) in [6, 6.07) is 0. The molecule has 0 radical (unpaired) electrons. The first-order valence-electron chi connectivity index (χ1n) is 9.60. The van der Waals surface area contributed by atoms with Gasteiger partial charge in [-0.05, 0) is 27.2 Å². The van der Waals surface area contributed by atoms with E-state index in [2.05, 4.69) is 43.2 Å². The number of rotatable bonds is 5. The van der Waals surface area contributed by atoms with Gasteiger partial charge in [0.1, 0.15) is 0 Å². The maximum Gasteiger partial charge on any atom is 0.407 e. The lowest BCUT2D eigenvalue weighted by Crippen LogP contribution is -2.51. The molecule has 7 heteroatoms. The molecular formula is C18H38N4O3. The van der Waals surface area contributed by atoms with Crippen molar-refractivity contribution in [3.05, 3.63) is 0 Å². The van der Waals surface area contributed by atoms with Gasteiger partial charge in [0, 0.05) is 51.4 Å². The number of hydrogen-bond acceptors (Lipinski definition) is 5. The van der Waals surface area contributed by atoms with Gasteiger partial charge in [0.05, 0.1) is 19.3 Å². The number of amides is 1. The second kappa shape index (κ2) is 11.7. The van der Waals surface area contributed by atoms with Gasteiger partial charge in [0.15, 0.2) is 0 Å². The minimum atomic E-state index is -0.849. The molecule has 0 aromatic heterocycles. The standard InChI is InChI=1S/C10H20N2O3.C8H18N2/c1-2-3-5-12(10(13)14)8-9-7-11-4-6-15-9;1-8(2,3)10-6-4-9-5-7-10/h9,11H,2-8H2,1H3,(H,13,14);9H,4-7H2,1-3H3. The molecule has 25 heavy (non-hydrogen) atoms. The number of nitrogens with zero attached hydrogens (tertiary/aromatic N) is 2. The molecule has 2 fully saturated rings. The van der Waals surface area contributed by atoms with Crippen molar-refractivity contribution in [2.75, 3.05) is 59.0 Å². The largest absolute Gasteiger partial charge is 0.465 e. The summed E-state index contributed by atoms with van der Waals surface area (Å²) < 4.78 is 5.47. The summed E-state index contributed by atoms with van der Waals surface area (Å²) in [6.07, 6.45) is 1.07. The average molecular weight is 359 g/mol. The van der Waals surface area contributed by atoms with Crippen molar-refractivity contribution in [1.82, 2.24) is 20.4 Å². The molecule has 148 valence electrons. The number of hydrogen-bond donors (Lipinski definition) is 3. The Balaban J connectivity index is 0.000000271. The van der Waals surface area contributed by atoms with E-state index in [0.717, 1.165) is 39.0 Å². The third kappa shape index (κ3) is 9.39. The highest BCUT2D eigenvalue weighted by Gasteiger charge is 2.22. The topological polar surface area (TPSA) is 77.1 Å². The summed E-state index contributed by atoms with van der Waals surface area (Å²) in [6.45, 7) is 16.9. The first-order chi connectivity index (χ1) is 11.8. The van der Waals surface area contributed by atoms with Crippen molar-refractivity contribution >= 4 is 6.09 Å². The molecule has 2 heterocycles. The molecule has 0 aromatic carbocycles. The van der Waals surface area contributed by atoms with E-state index in [9.17, 15) is 4.79 Å². The van der Waals surface area contributed by atoms with Gasteiger partial charge in [0.2, 0.25) is 0 Å². The van der Waals surface area contributed by atoms with Crippen LogP contribution in [0.5, 0.6) is 0 Å². The highest BCUT2D eigenvalue weighted by atomic mass is 16.5. The molecule has 3 N–H and O–H groups in total. The summed E-state index contributed by atoms with van der Waals surface area (Å²) in [5, 5.41) is 15.5. The van der Waals surface area contributed by atoms with Crippen molar-refractivity contribution in [1.29, 1.82) is 0 Å². The fraction of sp³-hybridized carbons (Fsp3) is 0.944. The second-order valence-electron chi connectivity index (χ2n) is 7.69. The van der Waals surface area contributed by atoms with Crippen molar-refractivity contribution in [3.8, 4) is 0 Å². The van der Waals surface area contributed by atoms with Crippen LogP contribution in [0, 0.1) is 0 Å². The number of unbranched alkanes of at least 4 members (excludes halogenated alkanes) is 1. The molecule has 0 spiro atoms. The number of morpholine rings is 1.